The normalized spacial score (nSPS) is 11.7. The Morgan fingerprint density at radius 1 is 0.885 bits per heavy atom. The topological polar surface area (TPSA) is 167 Å². The molecule has 1 rings (SSSR count). The van der Waals surface area contributed by atoms with Crippen LogP contribution in [0.4, 0.5) is 0 Å². The van der Waals surface area contributed by atoms with Crippen molar-refractivity contribution in [2.24, 2.45) is 20.6 Å². The fourth-order valence-electron chi connectivity index (χ4n) is 0.744. The zero-order chi connectivity index (χ0) is 19.7. The summed E-state index contributed by atoms with van der Waals surface area (Å²) < 4.78 is 0. The van der Waals surface area contributed by atoms with Gasteiger partial charge in [-0.1, -0.05) is 26.7 Å². The van der Waals surface area contributed by atoms with E-state index in [2.05, 4.69) is 25.6 Å². The number of aromatic nitrogens is 1. The molecule has 0 saturated carbocycles. The molecule has 0 aliphatic carbocycles. The van der Waals surface area contributed by atoms with Gasteiger partial charge in [0.1, 0.15) is 33.3 Å². The first-order valence-corrected chi connectivity index (χ1v) is 7.41. The van der Waals surface area contributed by atoms with E-state index in [0.29, 0.717) is 22.8 Å². The van der Waals surface area contributed by atoms with Crippen LogP contribution in [0.2, 0.25) is 0 Å². The van der Waals surface area contributed by atoms with E-state index in [0.717, 1.165) is 16.8 Å². The molecule has 1 heterocycles. The maximum Gasteiger partial charge on any atom is 3.00 e. The first kappa shape index (κ1) is 28.2. The van der Waals surface area contributed by atoms with Crippen molar-refractivity contribution in [3.05, 3.63) is 24.4 Å². The summed E-state index contributed by atoms with van der Waals surface area (Å²) in [5.74, 6) is 0. The molecule has 0 saturated heterocycles. The van der Waals surface area contributed by atoms with Gasteiger partial charge in [-0.3, -0.25) is 0 Å². The third-order valence-electron chi connectivity index (χ3n) is 2.44. The summed E-state index contributed by atoms with van der Waals surface area (Å²) in [5.41, 5.74) is 1.25. The molecule has 0 spiro atoms. The third kappa shape index (κ3) is 14.9. The molecule has 1 aromatic rings. The summed E-state index contributed by atoms with van der Waals surface area (Å²) in [6.07, 6.45) is 1.67. The van der Waals surface area contributed by atoms with E-state index < -0.39 is 0 Å². The zero-order valence-electron chi connectivity index (χ0n) is 14.5. The Labute approximate surface area is 165 Å². The van der Waals surface area contributed by atoms with Gasteiger partial charge in [-0.25, -0.2) is 4.98 Å². The maximum atomic E-state index is 8.19. The number of hydrogen-bond acceptors (Lipinski definition) is 11. The third-order valence-corrected chi connectivity index (χ3v) is 2.98. The molecule has 0 fully saturated rings. The minimum Gasteiger partial charge on any atom is -0.411 e. The van der Waals surface area contributed by atoms with Crippen molar-refractivity contribution in [2.45, 2.75) is 32.7 Å². The molecule has 4 N–H and O–H groups in total. The standard InChI is InChI=1S/C6H4N2S.2C4H8N2O2.Co/c7-5-9-6-3-1-2-4-8-6;2*1-3(5-7)4(2)6-8;/h1-4H;2*7-8H,1-2H3;/q;;;+3. The average Bonchev–Trinajstić information content (AvgIpc) is 2.67. The van der Waals surface area contributed by atoms with Crippen molar-refractivity contribution in [1.82, 2.24) is 4.98 Å². The molecule has 0 atom stereocenters. The van der Waals surface area contributed by atoms with Gasteiger partial charge in [-0.15, -0.1) is 0 Å². The van der Waals surface area contributed by atoms with Crippen molar-refractivity contribution in [2.75, 3.05) is 0 Å². The second-order valence-electron chi connectivity index (χ2n) is 4.10. The molecule has 10 nitrogen and oxygen atoms in total. The number of nitrogens with zero attached hydrogens (tertiary/aromatic N) is 6. The Bertz CT molecular complexity index is 595. The smallest absolute Gasteiger partial charge is 0.411 e. The molecule has 26 heavy (non-hydrogen) atoms. The van der Waals surface area contributed by atoms with Gasteiger partial charge in [-0.2, -0.15) is 5.26 Å². The van der Waals surface area contributed by atoms with Crippen LogP contribution in [0.25, 0.3) is 0 Å². The zero-order valence-corrected chi connectivity index (χ0v) is 16.4. The molecule has 0 amide bonds. The number of nitriles is 1. The SMILES string of the molecule is CC(=NO)C(C)=NO.CC(=NO)C(C)=NO.N#CSc1ccccn1.[Co+3]. The van der Waals surface area contributed by atoms with Crippen molar-refractivity contribution >= 4 is 34.6 Å². The summed E-state index contributed by atoms with van der Waals surface area (Å²) in [6, 6.07) is 5.47. The van der Waals surface area contributed by atoms with Crippen LogP contribution >= 0.6 is 11.8 Å². The second kappa shape index (κ2) is 18.7. The first-order valence-electron chi connectivity index (χ1n) is 6.60. The van der Waals surface area contributed by atoms with Crippen LogP contribution in [0.5, 0.6) is 0 Å². The van der Waals surface area contributed by atoms with Gasteiger partial charge in [0.2, 0.25) is 0 Å². The molecule has 0 aliphatic rings. The van der Waals surface area contributed by atoms with Crippen molar-refractivity contribution in [3.63, 3.8) is 0 Å². The van der Waals surface area contributed by atoms with Gasteiger partial charge in [0, 0.05) is 18.0 Å². The summed E-state index contributed by atoms with van der Waals surface area (Å²) >= 11 is 1.07. The van der Waals surface area contributed by atoms with E-state index in [1.807, 2.05) is 17.5 Å². The Morgan fingerprint density at radius 3 is 1.50 bits per heavy atom. The van der Waals surface area contributed by atoms with E-state index in [4.69, 9.17) is 26.1 Å². The van der Waals surface area contributed by atoms with Gasteiger partial charge >= 0.3 is 16.8 Å². The number of oxime groups is 4. The Balaban J connectivity index is -0.000000301. The molecule has 0 radical (unpaired) electrons. The number of thiocyanates is 1. The molecule has 12 heteroatoms. The minimum atomic E-state index is 0. The van der Waals surface area contributed by atoms with Gasteiger partial charge < -0.3 is 20.8 Å². The molecule has 0 bridgehead atoms. The van der Waals surface area contributed by atoms with Crippen LogP contribution in [0.3, 0.4) is 0 Å². The van der Waals surface area contributed by atoms with E-state index >= 15 is 0 Å². The monoisotopic (exact) mass is 427 g/mol. The van der Waals surface area contributed by atoms with E-state index in [9.17, 15) is 0 Å². The van der Waals surface area contributed by atoms with Crippen LogP contribution in [0.15, 0.2) is 50.0 Å². The fourth-order valence-corrected chi connectivity index (χ4v) is 1.10. The molecular formula is C14H20CoN6O4S+3. The van der Waals surface area contributed by atoms with Gasteiger partial charge in [0.25, 0.3) is 0 Å². The number of thioether (sulfide) groups is 1. The largest absolute Gasteiger partial charge is 3.00 e. The second-order valence-corrected chi connectivity index (χ2v) is 4.91. The number of hydrogen-bond donors (Lipinski definition) is 4. The Hall–Kier alpha value is -2.62. The first-order chi connectivity index (χ1) is 11.9. The Kier molecular flexibility index (Phi) is 20.3. The summed E-state index contributed by atoms with van der Waals surface area (Å²) in [7, 11) is 0. The molecular weight excluding hydrogens is 407 g/mol. The van der Waals surface area contributed by atoms with Gasteiger partial charge in [-0.05, 0) is 39.8 Å². The summed E-state index contributed by atoms with van der Waals surface area (Å²) in [5, 5.41) is 54.2. The summed E-state index contributed by atoms with van der Waals surface area (Å²) in [6.45, 7) is 6.15. The fraction of sp³-hybridized carbons (Fsp3) is 0.286. The predicted molar refractivity (Wildman–Crippen MR) is 95.3 cm³/mol. The predicted octanol–water partition coefficient (Wildman–Crippen LogP) is 3.03. The van der Waals surface area contributed by atoms with Crippen LogP contribution in [0.1, 0.15) is 27.7 Å². The average molecular weight is 427 g/mol. The Morgan fingerprint density at radius 2 is 1.27 bits per heavy atom. The molecule has 1 aromatic heterocycles. The van der Waals surface area contributed by atoms with E-state index in [1.54, 1.807) is 12.3 Å². The van der Waals surface area contributed by atoms with Crippen LogP contribution in [0, 0.1) is 10.7 Å². The van der Waals surface area contributed by atoms with E-state index in [-0.39, 0.29) is 16.8 Å². The van der Waals surface area contributed by atoms with Crippen LogP contribution < -0.4 is 0 Å². The molecule has 142 valence electrons. The van der Waals surface area contributed by atoms with Crippen molar-refractivity contribution in [3.8, 4) is 5.40 Å². The molecule has 0 aromatic carbocycles. The van der Waals surface area contributed by atoms with Gasteiger partial charge in [0.15, 0.2) is 0 Å². The van der Waals surface area contributed by atoms with Crippen LogP contribution in [-0.2, 0) is 16.8 Å². The number of rotatable bonds is 3. The van der Waals surface area contributed by atoms with Crippen LogP contribution in [-0.4, -0.2) is 48.7 Å². The minimum absolute atomic E-state index is 0. The molecule has 0 unspecified atom stereocenters. The summed E-state index contributed by atoms with van der Waals surface area (Å²) in [4.78, 5) is 3.91. The van der Waals surface area contributed by atoms with E-state index in [1.165, 1.54) is 27.7 Å². The molecule has 0 aliphatic heterocycles. The number of pyridine rings is 1. The van der Waals surface area contributed by atoms with Crippen molar-refractivity contribution < 1.29 is 37.6 Å². The maximum absolute atomic E-state index is 8.19. The van der Waals surface area contributed by atoms with Crippen molar-refractivity contribution in [1.29, 1.82) is 5.26 Å². The van der Waals surface area contributed by atoms with Gasteiger partial charge in [0.05, 0.1) is 0 Å². The quantitative estimate of drug-likeness (QED) is 0.189.